The van der Waals surface area contributed by atoms with Crippen LogP contribution in [0.1, 0.15) is 41.9 Å². The van der Waals surface area contributed by atoms with Crippen LogP contribution in [0.5, 0.6) is 11.5 Å². The van der Waals surface area contributed by atoms with Crippen LogP contribution in [0.2, 0.25) is 0 Å². The van der Waals surface area contributed by atoms with Crippen molar-refractivity contribution in [2.45, 2.75) is 36.8 Å². The van der Waals surface area contributed by atoms with E-state index in [2.05, 4.69) is 20.9 Å². The van der Waals surface area contributed by atoms with Crippen molar-refractivity contribution in [2.75, 3.05) is 31.5 Å². The second-order valence-corrected chi connectivity index (χ2v) is 12.2. The number of esters is 1. The fourth-order valence-electron chi connectivity index (χ4n) is 4.45. The lowest BCUT2D eigenvalue weighted by atomic mass is 10.1. The predicted molar refractivity (Wildman–Crippen MR) is 188 cm³/mol. The number of nitrogens with zero attached hydrogens (tertiary/aromatic N) is 1. The van der Waals surface area contributed by atoms with Crippen molar-refractivity contribution in [3.05, 3.63) is 101 Å². The summed E-state index contributed by atoms with van der Waals surface area (Å²) in [7, 11) is 3.00. The van der Waals surface area contributed by atoms with Crippen LogP contribution in [0.25, 0.3) is 6.08 Å². The van der Waals surface area contributed by atoms with Crippen LogP contribution in [0.4, 0.5) is 10.8 Å². The van der Waals surface area contributed by atoms with E-state index in [1.807, 2.05) is 13.0 Å². The van der Waals surface area contributed by atoms with E-state index in [-0.39, 0.29) is 30.6 Å². The van der Waals surface area contributed by atoms with Crippen LogP contribution in [0.15, 0.2) is 88.8 Å². The molecule has 0 saturated heterocycles. The molecule has 48 heavy (non-hydrogen) atoms. The number of carbonyl (C=O) groups excluding carboxylic acids is 4. The molecule has 11 nitrogen and oxygen atoms in total. The number of para-hydroxylation sites is 1. The fraction of sp³-hybridized carbons (Fsp3) is 0.229. The Morgan fingerprint density at radius 1 is 0.938 bits per heavy atom. The van der Waals surface area contributed by atoms with Gasteiger partial charge in [-0.1, -0.05) is 43.3 Å². The van der Waals surface area contributed by atoms with Gasteiger partial charge in [0.25, 0.3) is 11.8 Å². The van der Waals surface area contributed by atoms with Crippen LogP contribution < -0.4 is 25.4 Å². The molecule has 0 aliphatic carbocycles. The Morgan fingerprint density at radius 2 is 1.71 bits per heavy atom. The quantitative estimate of drug-likeness (QED) is 0.0757. The topological polar surface area (TPSA) is 145 Å². The van der Waals surface area contributed by atoms with E-state index in [4.69, 9.17) is 14.2 Å². The Balaban J connectivity index is 1.50. The zero-order valence-corrected chi connectivity index (χ0v) is 28.5. The number of nitrogens with one attached hydrogen (secondary N) is 3. The average Bonchev–Trinajstić information content (AvgIpc) is 3.53. The van der Waals surface area contributed by atoms with Crippen LogP contribution in [-0.4, -0.2) is 54.8 Å². The Labute approximate surface area is 287 Å². The van der Waals surface area contributed by atoms with Crippen LogP contribution in [-0.2, 0) is 25.5 Å². The van der Waals surface area contributed by atoms with Gasteiger partial charge in [0.1, 0.15) is 5.70 Å². The summed E-state index contributed by atoms with van der Waals surface area (Å²) in [6, 6.07) is 20.8. The van der Waals surface area contributed by atoms with E-state index in [9.17, 15) is 19.2 Å². The highest BCUT2D eigenvalue weighted by Crippen LogP contribution is 2.33. The highest BCUT2D eigenvalue weighted by molar-refractivity contribution is 8.00. The number of ether oxygens (including phenoxy) is 3. The van der Waals surface area contributed by atoms with Gasteiger partial charge in [0.2, 0.25) is 5.91 Å². The van der Waals surface area contributed by atoms with Gasteiger partial charge in [0.15, 0.2) is 16.6 Å². The molecule has 3 N–H and O–H groups in total. The summed E-state index contributed by atoms with van der Waals surface area (Å²) in [5.41, 5.74) is 1.86. The fourth-order valence-corrected chi connectivity index (χ4v) is 6.17. The van der Waals surface area contributed by atoms with E-state index in [0.29, 0.717) is 45.6 Å². The molecular weight excluding hydrogens is 653 g/mol. The summed E-state index contributed by atoms with van der Waals surface area (Å²) in [6.45, 7) is 3.92. The molecular formula is C35H36N4O7S2. The van der Waals surface area contributed by atoms with E-state index in [1.54, 1.807) is 79.0 Å². The number of hydrogen-bond donors (Lipinski definition) is 3. The third-order valence-electron chi connectivity index (χ3n) is 6.71. The van der Waals surface area contributed by atoms with Gasteiger partial charge >= 0.3 is 5.97 Å². The number of methoxy groups -OCH3 is 2. The molecule has 3 aromatic carbocycles. The lowest BCUT2D eigenvalue weighted by Gasteiger charge is -2.15. The van der Waals surface area contributed by atoms with Crippen LogP contribution in [0, 0.1) is 0 Å². The summed E-state index contributed by atoms with van der Waals surface area (Å²) in [4.78, 5) is 56.7. The highest BCUT2D eigenvalue weighted by Gasteiger charge is 2.21. The number of benzene rings is 3. The molecule has 13 heteroatoms. The van der Waals surface area contributed by atoms with Crippen molar-refractivity contribution in [3.8, 4) is 11.5 Å². The van der Waals surface area contributed by atoms with Crippen molar-refractivity contribution in [1.82, 2.24) is 10.3 Å². The standard InChI is InChI=1S/C35H36N4O7S2/c1-5-29(34(43)39-35-37-25(21-47-35)20-30(40)46-6-2)48-26-16-11-15-24(19-26)36-33(42)27(38-32(41)22-12-8-7-9-13-22)18-23-14-10-17-28(44-3)31(23)45-4/h7-19,21,29H,5-6,20H2,1-4H3,(H,36,42)(H,38,41)(H,37,39,43)/b27-18+. The molecule has 3 amide bonds. The third kappa shape index (κ3) is 9.93. The SMILES string of the molecule is CCOC(=O)Cc1csc(NC(=O)C(CC)Sc2cccc(NC(=O)/C(=C\c3cccc(OC)c3OC)NC(=O)c3ccccc3)c2)n1. The zero-order chi connectivity index (χ0) is 34.5. The lowest BCUT2D eigenvalue weighted by molar-refractivity contribution is -0.142. The monoisotopic (exact) mass is 688 g/mol. The Kier molecular flexibility index (Phi) is 13.2. The average molecular weight is 689 g/mol. The number of rotatable bonds is 15. The maximum atomic E-state index is 13.7. The maximum absolute atomic E-state index is 13.7. The molecule has 1 unspecified atom stereocenters. The molecule has 0 bridgehead atoms. The molecule has 0 spiro atoms. The summed E-state index contributed by atoms with van der Waals surface area (Å²) >= 11 is 2.57. The largest absolute Gasteiger partial charge is 0.493 e. The van der Waals surface area contributed by atoms with Crippen LogP contribution >= 0.6 is 23.1 Å². The number of thiazole rings is 1. The molecule has 0 fully saturated rings. The Bertz CT molecular complexity index is 1780. The summed E-state index contributed by atoms with van der Waals surface area (Å²) in [5.74, 6) is -0.793. The number of aromatic nitrogens is 1. The maximum Gasteiger partial charge on any atom is 0.311 e. The summed E-state index contributed by atoms with van der Waals surface area (Å²) in [5, 5.41) is 10.1. The van der Waals surface area contributed by atoms with E-state index in [0.717, 1.165) is 4.90 Å². The van der Waals surface area contributed by atoms with Gasteiger partial charge in [0, 0.05) is 27.1 Å². The first-order chi connectivity index (χ1) is 23.2. The minimum atomic E-state index is -0.571. The molecule has 4 aromatic rings. The molecule has 4 rings (SSSR count). The summed E-state index contributed by atoms with van der Waals surface area (Å²) in [6.07, 6.45) is 2.07. The van der Waals surface area contributed by atoms with Gasteiger partial charge in [-0.05, 0) is 55.8 Å². The number of carbonyl (C=O) groups is 4. The smallest absolute Gasteiger partial charge is 0.311 e. The van der Waals surface area contributed by atoms with Gasteiger partial charge in [-0.25, -0.2) is 4.98 Å². The Hall–Kier alpha value is -5.14. The third-order valence-corrected chi connectivity index (χ3v) is 8.87. The van der Waals surface area contributed by atoms with E-state index in [1.165, 1.54) is 43.4 Å². The van der Waals surface area contributed by atoms with Crippen molar-refractivity contribution >= 4 is 63.7 Å². The van der Waals surface area contributed by atoms with Gasteiger partial charge in [-0.3, -0.25) is 19.2 Å². The minimum absolute atomic E-state index is 0.0231. The lowest BCUT2D eigenvalue weighted by Crippen LogP contribution is -2.30. The van der Waals surface area contributed by atoms with E-state index < -0.39 is 17.1 Å². The highest BCUT2D eigenvalue weighted by atomic mass is 32.2. The van der Waals surface area contributed by atoms with Gasteiger partial charge in [-0.15, -0.1) is 23.1 Å². The number of amides is 3. The van der Waals surface area contributed by atoms with Gasteiger partial charge in [-0.2, -0.15) is 0 Å². The predicted octanol–water partition coefficient (Wildman–Crippen LogP) is 6.18. The van der Waals surface area contributed by atoms with Gasteiger partial charge < -0.3 is 30.2 Å². The minimum Gasteiger partial charge on any atom is -0.493 e. The van der Waals surface area contributed by atoms with Crippen LogP contribution in [0.3, 0.4) is 0 Å². The molecule has 0 aliphatic heterocycles. The first kappa shape index (κ1) is 35.7. The molecule has 0 radical (unpaired) electrons. The molecule has 1 atom stereocenters. The molecule has 0 aliphatic rings. The first-order valence-corrected chi connectivity index (χ1v) is 16.8. The second kappa shape index (κ2) is 17.7. The van der Waals surface area contributed by atoms with Crippen molar-refractivity contribution in [3.63, 3.8) is 0 Å². The molecule has 1 aromatic heterocycles. The normalized spacial score (nSPS) is 11.6. The molecule has 0 saturated carbocycles. The van der Waals surface area contributed by atoms with Crippen molar-refractivity contribution in [2.24, 2.45) is 0 Å². The zero-order valence-electron chi connectivity index (χ0n) is 26.9. The van der Waals surface area contributed by atoms with Gasteiger partial charge in [0.05, 0.1) is 38.2 Å². The summed E-state index contributed by atoms with van der Waals surface area (Å²) < 4.78 is 15.9. The first-order valence-electron chi connectivity index (χ1n) is 15.0. The second-order valence-electron chi connectivity index (χ2n) is 10.1. The van der Waals surface area contributed by atoms with Crippen molar-refractivity contribution < 1.29 is 33.4 Å². The Morgan fingerprint density at radius 3 is 2.42 bits per heavy atom. The number of thioether (sulfide) groups is 1. The molecule has 1 heterocycles. The van der Waals surface area contributed by atoms with Crippen molar-refractivity contribution in [1.29, 1.82) is 0 Å². The number of anilines is 2. The number of hydrogen-bond acceptors (Lipinski definition) is 10. The van der Waals surface area contributed by atoms with E-state index >= 15 is 0 Å². The molecule has 250 valence electrons.